The van der Waals surface area contributed by atoms with Gasteiger partial charge in [-0.2, -0.15) is 0 Å². The molecule has 4 amide bonds. The number of benzene rings is 1. The predicted molar refractivity (Wildman–Crippen MR) is 122 cm³/mol. The van der Waals surface area contributed by atoms with Gasteiger partial charge in [-0.05, 0) is 37.1 Å². The molecule has 0 spiro atoms. The van der Waals surface area contributed by atoms with Gasteiger partial charge in [-0.3, -0.25) is 24.1 Å². The maximum Gasteiger partial charge on any atom is 0.251 e. The molecule has 34 heavy (non-hydrogen) atoms. The molecule has 1 unspecified atom stereocenters. The molecule has 2 N–H and O–H groups in total. The summed E-state index contributed by atoms with van der Waals surface area (Å²) in [5.41, 5.74) is 2.14. The van der Waals surface area contributed by atoms with Crippen molar-refractivity contribution in [1.29, 1.82) is 0 Å². The third-order valence-corrected chi connectivity index (χ3v) is 5.66. The second-order valence-electron chi connectivity index (χ2n) is 8.17. The second-order valence-corrected chi connectivity index (χ2v) is 8.17. The number of anilines is 1. The third kappa shape index (κ3) is 7.21. The molecule has 1 atom stereocenters. The van der Waals surface area contributed by atoms with Crippen LogP contribution in [0.2, 0.25) is 0 Å². The summed E-state index contributed by atoms with van der Waals surface area (Å²) in [6, 6.07) is 7.25. The van der Waals surface area contributed by atoms with Gasteiger partial charge in [0.05, 0.1) is 32.8 Å². The molecule has 1 saturated heterocycles. The summed E-state index contributed by atoms with van der Waals surface area (Å²) in [5, 5.41) is 12.5. The molecule has 10 nitrogen and oxygen atoms in total. The Labute approximate surface area is 198 Å². The number of aliphatic hydroxyl groups excluding tert-OH is 1. The summed E-state index contributed by atoms with van der Waals surface area (Å²) in [7, 11) is 0. The first-order valence-electron chi connectivity index (χ1n) is 11.4. The fraction of sp³-hybridized carbons (Fsp3) is 0.500. The molecule has 10 heteroatoms. The smallest absolute Gasteiger partial charge is 0.251 e. The number of amides is 4. The van der Waals surface area contributed by atoms with E-state index in [0.29, 0.717) is 50.4 Å². The van der Waals surface area contributed by atoms with Crippen molar-refractivity contribution in [2.24, 2.45) is 0 Å². The van der Waals surface area contributed by atoms with Crippen molar-refractivity contribution in [2.75, 3.05) is 44.8 Å². The number of nitrogens with one attached hydrogen (secondary N) is 1. The van der Waals surface area contributed by atoms with Gasteiger partial charge >= 0.3 is 0 Å². The minimum absolute atomic E-state index is 0.108. The Bertz CT molecular complexity index is 929. The van der Waals surface area contributed by atoms with Crippen LogP contribution in [0, 0.1) is 0 Å². The molecule has 2 aliphatic rings. The Hall–Kier alpha value is -3.08. The highest BCUT2D eigenvalue weighted by Crippen LogP contribution is 2.16. The van der Waals surface area contributed by atoms with Crippen LogP contribution in [-0.4, -0.2) is 84.3 Å². The lowest BCUT2D eigenvalue weighted by Gasteiger charge is -2.28. The monoisotopic (exact) mass is 473 g/mol. The molecule has 3 rings (SSSR count). The first-order valence-corrected chi connectivity index (χ1v) is 11.4. The first kappa shape index (κ1) is 25.5. The number of aliphatic hydroxyl groups is 1. The van der Waals surface area contributed by atoms with E-state index in [0.717, 1.165) is 5.56 Å². The van der Waals surface area contributed by atoms with Crippen molar-refractivity contribution in [1.82, 2.24) is 9.80 Å². The lowest BCUT2D eigenvalue weighted by atomic mass is 10.1. The van der Waals surface area contributed by atoms with Gasteiger partial charge in [0.15, 0.2) is 0 Å². The van der Waals surface area contributed by atoms with Crippen LogP contribution in [0.3, 0.4) is 0 Å². The average Bonchev–Trinajstić information content (AvgIpc) is 3.05. The van der Waals surface area contributed by atoms with Crippen LogP contribution in [0.4, 0.5) is 5.69 Å². The van der Waals surface area contributed by atoms with Crippen LogP contribution in [0.5, 0.6) is 0 Å². The lowest BCUT2D eigenvalue weighted by molar-refractivity contribution is -0.152. The Balaban J connectivity index is 1.21. The van der Waals surface area contributed by atoms with Gasteiger partial charge in [-0.15, -0.1) is 0 Å². The van der Waals surface area contributed by atoms with Crippen LogP contribution in [0.25, 0.3) is 0 Å². The minimum atomic E-state index is -0.895. The summed E-state index contributed by atoms with van der Waals surface area (Å²) in [5.74, 6) is -0.622. The second kappa shape index (κ2) is 12.4. The summed E-state index contributed by atoms with van der Waals surface area (Å²) in [6.45, 7) is 3.65. The van der Waals surface area contributed by atoms with Crippen molar-refractivity contribution in [2.45, 2.75) is 38.8 Å². The quantitative estimate of drug-likeness (QED) is 0.321. The molecule has 0 aliphatic carbocycles. The van der Waals surface area contributed by atoms with Crippen molar-refractivity contribution in [3.8, 4) is 0 Å². The van der Waals surface area contributed by atoms with E-state index in [4.69, 9.17) is 9.47 Å². The zero-order chi connectivity index (χ0) is 24.5. The molecule has 1 fully saturated rings. The zero-order valence-electron chi connectivity index (χ0n) is 19.3. The number of hydrogen-bond donors (Lipinski definition) is 2. The topological polar surface area (TPSA) is 125 Å². The predicted octanol–water partition coefficient (Wildman–Crippen LogP) is 0.847. The van der Waals surface area contributed by atoms with Gasteiger partial charge in [0, 0.05) is 37.2 Å². The molecule has 0 radical (unpaired) electrons. The molecule has 0 saturated carbocycles. The fourth-order valence-electron chi connectivity index (χ4n) is 3.56. The van der Waals surface area contributed by atoms with E-state index in [1.54, 1.807) is 19.1 Å². The Morgan fingerprint density at radius 2 is 1.76 bits per heavy atom. The van der Waals surface area contributed by atoms with Crippen molar-refractivity contribution >= 4 is 29.3 Å². The maximum atomic E-state index is 12.1. The number of ether oxygens (including phenoxy) is 2. The van der Waals surface area contributed by atoms with E-state index in [1.165, 1.54) is 15.9 Å². The van der Waals surface area contributed by atoms with E-state index < -0.39 is 6.23 Å². The van der Waals surface area contributed by atoms with Gasteiger partial charge < -0.3 is 24.8 Å². The number of carbonyl (C=O) groups excluding carboxylic acids is 4. The SMILES string of the molecule is CC1=CC(O)N(CCOCCOCCC(=O)Nc2ccc(CCC(=O)N3CCC3=O)cc2)C1=O. The Morgan fingerprint density at radius 3 is 2.35 bits per heavy atom. The summed E-state index contributed by atoms with van der Waals surface area (Å²) in [6.07, 6.45) is 2.08. The molecule has 2 heterocycles. The molecule has 0 aromatic heterocycles. The molecule has 0 bridgehead atoms. The van der Waals surface area contributed by atoms with Gasteiger partial charge in [0.2, 0.25) is 17.7 Å². The molecule has 184 valence electrons. The van der Waals surface area contributed by atoms with Crippen LogP contribution in [-0.2, 0) is 35.1 Å². The molecular formula is C24H31N3O7. The molecule has 2 aliphatic heterocycles. The number of imide groups is 1. The number of carbonyl (C=O) groups is 4. The largest absolute Gasteiger partial charge is 0.379 e. The number of hydrogen-bond acceptors (Lipinski definition) is 7. The molecular weight excluding hydrogens is 442 g/mol. The van der Waals surface area contributed by atoms with E-state index in [1.807, 2.05) is 12.1 Å². The molecule has 1 aromatic carbocycles. The Morgan fingerprint density at radius 1 is 1.06 bits per heavy atom. The zero-order valence-corrected chi connectivity index (χ0v) is 19.3. The Kier molecular flexibility index (Phi) is 9.32. The summed E-state index contributed by atoms with van der Waals surface area (Å²) >= 11 is 0. The summed E-state index contributed by atoms with van der Waals surface area (Å²) in [4.78, 5) is 49.7. The highest BCUT2D eigenvalue weighted by Gasteiger charge is 2.29. The normalized spacial score (nSPS) is 17.6. The number of aryl methyl sites for hydroxylation is 1. The van der Waals surface area contributed by atoms with Crippen LogP contribution in [0.1, 0.15) is 31.7 Å². The molecule has 1 aromatic rings. The van der Waals surface area contributed by atoms with Crippen LogP contribution >= 0.6 is 0 Å². The summed E-state index contributed by atoms with van der Waals surface area (Å²) < 4.78 is 10.8. The first-order chi connectivity index (χ1) is 16.3. The third-order valence-electron chi connectivity index (χ3n) is 5.66. The number of rotatable bonds is 13. The standard InChI is InChI=1S/C24H31N3O7/c1-17-16-23(31)27(24(17)32)11-13-34-15-14-33-12-9-20(28)25-19-5-2-18(3-6-19)4-7-21(29)26-10-8-22(26)30/h2-3,5-6,16,23,31H,4,7-15H2,1H3,(H,25,28). The van der Waals surface area contributed by atoms with Crippen LogP contribution < -0.4 is 5.32 Å². The fourth-order valence-corrected chi connectivity index (χ4v) is 3.56. The van der Waals surface area contributed by atoms with E-state index in [9.17, 15) is 24.3 Å². The van der Waals surface area contributed by atoms with Crippen molar-refractivity contribution < 1.29 is 33.8 Å². The van der Waals surface area contributed by atoms with Crippen molar-refractivity contribution in [3.05, 3.63) is 41.5 Å². The van der Waals surface area contributed by atoms with E-state index in [2.05, 4.69) is 5.32 Å². The van der Waals surface area contributed by atoms with E-state index in [-0.39, 0.29) is 49.7 Å². The highest BCUT2D eigenvalue weighted by atomic mass is 16.5. The van der Waals surface area contributed by atoms with Crippen molar-refractivity contribution in [3.63, 3.8) is 0 Å². The highest BCUT2D eigenvalue weighted by molar-refractivity contribution is 5.99. The number of likely N-dealkylation sites (tertiary alicyclic amines) is 1. The van der Waals surface area contributed by atoms with Gasteiger partial charge in [-0.25, -0.2) is 0 Å². The number of β-lactam (4-membered cyclic amide) rings is 1. The van der Waals surface area contributed by atoms with E-state index >= 15 is 0 Å². The average molecular weight is 474 g/mol. The number of nitrogens with zero attached hydrogens (tertiary/aromatic N) is 2. The van der Waals surface area contributed by atoms with Gasteiger partial charge in [0.1, 0.15) is 6.23 Å². The van der Waals surface area contributed by atoms with Gasteiger partial charge in [0.25, 0.3) is 5.91 Å². The van der Waals surface area contributed by atoms with Crippen LogP contribution in [0.15, 0.2) is 35.9 Å². The maximum absolute atomic E-state index is 12.1. The van der Waals surface area contributed by atoms with Gasteiger partial charge in [-0.1, -0.05) is 12.1 Å². The minimum Gasteiger partial charge on any atom is -0.379 e. The lowest BCUT2D eigenvalue weighted by Crippen LogP contribution is -2.47.